The van der Waals surface area contributed by atoms with Crippen molar-refractivity contribution in [2.45, 2.75) is 6.54 Å². The van der Waals surface area contributed by atoms with E-state index in [1.54, 1.807) is 66.7 Å². The van der Waals surface area contributed by atoms with Crippen molar-refractivity contribution in [3.8, 4) is 23.1 Å². The maximum atomic E-state index is 13.5. The van der Waals surface area contributed by atoms with Crippen molar-refractivity contribution in [2.75, 3.05) is 0 Å². The Labute approximate surface area is 219 Å². The number of furan rings is 2. The Kier molecular flexibility index (Phi) is 6.90. The normalized spacial score (nSPS) is 12.3. The molecule has 2 aromatic carbocycles. The highest BCUT2D eigenvalue weighted by Gasteiger charge is 2.17. The van der Waals surface area contributed by atoms with E-state index in [2.05, 4.69) is 5.32 Å². The van der Waals surface area contributed by atoms with Gasteiger partial charge in [0.15, 0.2) is 5.57 Å². The molecule has 3 heterocycles. The van der Waals surface area contributed by atoms with E-state index in [-0.39, 0.29) is 22.3 Å². The topological polar surface area (TPSA) is 101 Å². The van der Waals surface area contributed by atoms with Gasteiger partial charge in [-0.1, -0.05) is 29.8 Å². The molecule has 3 aromatic heterocycles. The highest BCUT2D eigenvalue weighted by molar-refractivity contribution is 7.07. The number of carbonyl (C=O) groups excluding carboxylic acids is 1. The number of aromatic nitrogens is 1. The lowest BCUT2D eigenvalue weighted by molar-refractivity contribution is -0.115. The molecule has 1 amide bonds. The van der Waals surface area contributed by atoms with Gasteiger partial charge in [-0.2, -0.15) is 5.26 Å². The SMILES string of the molecule is N#CC(C(=O)NCc1ccco1)=c1sc(=Cc2ccc(-c3ccc(Cl)cc3)o2)c(=O)n1-c1ccccc1. The van der Waals surface area contributed by atoms with E-state index in [0.29, 0.717) is 32.5 Å². The lowest BCUT2D eigenvalue weighted by Crippen LogP contribution is -2.33. The van der Waals surface area contributed by atoms with E-state index in [1.165, 1.54) is 10.8 Å². The predicted molar refractivity (Wildman–Crippen MR) is 141 cm³/mol. The summed E-state index contributed by atoms with van der Waals surface area (Å²) in [4.78, 5) is 26.5. The Morgan fingerprint density at radius 2 is 1.84 bits per heavy atom. The molecule has 5 aromatic rings. The lowest BCUT2D eigenvalue weighted by Gasteiger charge is -2.04. The summed E-state index contributed by atoms with van der Waals surface area (Å²) >= 11 is 7.01. The summed E-state index contributed by atoms with van der Waals surface area (Å²) in [6, 6.07) is 25.0. The fourth-order valence-electron chi connectivity index (χ4n) is 3.66. The summed E-state index contributed by atoms with van der Waals surface area (Å²) in [7, 11) is 0. The minimum atomic E-state index is -0.612. The number of nitrogens with one attached hydrogen (secondary N) is 1. The van der Waals surface area contributed by atoms with Gasteiger partial charge < -0.3 is 14.2 Å². The van der Waals surface area contributed by atoms with Gasteiger partial charge in [0.1, 0.15) is 28.0 Å². The van der Waals surface area contributed by atoms with E-state index >= 15 is 0 Å². The summed E-state index contributed by atoms with van der Waals surface area (Å²) in [5.74, 6) is 1.00. The zero-order chi connectivity index (χ0) is 25.8. The molecule has 0 aliphatic carbocycles. The highest BCUT2D eigenvalue weighted by Crippen LogP contribution is 2.24. The van der Waals surface area contributed by atoms with Crippen LogP contribution in [0.5, 0.6) is 0 Å². The van der Waals surface area contributed by atoms with Crippen LogP contribution in [0.4, 0.5) is 0 Å². The molecule has 182 valence electrons. The van der Waals surface area contributed by atoms with Gasteiger partial charge in [-0.15, -0.1) is 11.3 Å². The van der Waals surface area contributed by atoms with Crippen molar-refractivity contribution < 1.29 is 13.6 Å². The molecule has 7 nitrogen and oxygen atoms in total. The number of nitrogens with zero attached hydrogens (tertiary/aromatic N) is 2. The van der Waals surface area contributed by atoms with E-state index in [4.69, 9.17) is 20.4 Å². The molecule has 0 saturated carbocycles. The Morgan fingerprint density at radius 3 is 2.54 bits per heavy atom. The summed E-state index contributed by atoms with van der Waals surface area (Å²) in [5, 5.41) is 13.2. The Balaban J connectivity index is 1.61. The predicted octanol–water partition coefficient (Wildman–Crippen LogP) is 4.22. The summed E-state index contributed by atoms with van der Waals surface area (Å²) in [6.07, 6.45) is 3.10. The van der Waals surface area contributed by atoms with Gasteiger partial charge in [0.2, 0.25) is 0 Å². The second-order valence-electron chi connectivity index (χ2n) is 7.85. The van der Waals surface area contributed by atoms with Crippen LogP contribution in [-0.2, 0) is 11.3 Å². The number of hydrogen-bond acceptors (Lipinski definition) is 6. The zero-order valence-corrected chi connectivity index (χ0v) is 20.8. The van der Waals surface area contributed by atoms with Crippen LogP contribution in [0, 0.1) is 11.3 Å². The number of para-hydroxylation sites is 1. The fraction of sp³-hybridized carbons (Fsp3) is 0.0357. The number of thiazole rings is 1. The van der Waals surface area contributed by atoms with Crippen LogP contribution in [0.25, 0.3) is 28.7 Å². The fourth-order valence-corrected chi connectivity index (χ4v) is 4.86. The number of carbonyl (C=O) groups is 1. The van der Waals surface area contributed by atoms with Gasteiger partial charge in [-0.25, -0.2) is 0 Å². The first-order valence-electron chi connectivity index (χ1n) is 11.1. The Hall–Kier alpha value is -4.58. The van der Waals surface area contributed by atoms with Crippen LogP contribution in [0.15, 0.2) is 98.8 Å². The number of rotatable bonds is 6. The third-order valence-electron chi connectivity index (χ3n) is 5.42. The maximum Gasteiger partial charge on any atom is 0.273 e. The molecule has 9 heteroatoms. The molecule has 1 N–H and O–H groups in total. The van der Waals surface area contributed by atoms with Gasteiger partial charge in [0, 0.05) is 16.7 Å². The first-order valence-corrected chi connectivity index (χ1v) is 12.3. The van der Waals surface area contributed by atoms with Crippen molar-refractivity contribution in [3.63, 3.8) is 0 Å². The minimum absolute atomic E-state index is 0.108. The molecule has 5 rings (SSSR count). The molecule has 0 atom stereocenters. The summed E-state index contributed by atoms with van der Waals surface area (Å²) in [5.41, 5.74) is 0.818. The van der Waals surface area contributed by atoms with Crippen LogP contribution in [0.2, 0.25) is 5.02 Å². The first-order chi connectivity index (χ1) is 18.0. The number of hydrogen-bond donors (Lipinski definition) is 1. The first kappa shape index (κ1) is 24.1. The largest absolute Gasteiger partial charge is 0.467 e. The van der Waals surface area contributed by atoms with Crippen molar-refractivity contribution in [1.29, 1.82) is 5.26 Å². The van der Waals surface area contributed by atoms with Gasteiger partial charge in [-0.3, -0.25) is 14.2 Å². The van der Waals surface area contributed by atoms with Crippen molar-refractivity contribution in [1.82, 2.24) is 9.88 Å². The molecule has 0 saturated heterocycles. The van der Waals surface area contributed by atoms with Crippen LogP contribution in [-0.4, -0.2) is 10.5 Å². The summed E-state index contributed by atoms with van der Waals surface area (Å²) in [6.45, 7) is 0.108. The van der Waals surface area contributed by atoms with Crippen LogP contribution in [0.1, 0.15) is 11.5 Å². The molecule has 0 fully saturated rings. The Morgan fingerprint density at radius 1 is 1.05 bits per heavy atom. The maximum absolute atomic E-state index is 13.5. The highest BCUT2D eigenvalue weighted by atomic mass is 35.5. The van der Waals surface area contributed by atoms with Gasteiger partial charge >= 0.3 is 0 Å². The third kappa shape index (κ3) is 5.19. The van der Waals surface area contributed by atoms with Crippen molar-refractivity contribution >= 4 is 40.5 Å². The standard InChI is InChI=1S/C28H18ClN3O4S/c29-19-10-8-18(9-11-19)24-13-12-21(36-24)15-25-27(34)32(20-5-2-1-3-6-20)28(37-25)23(16-30)26(33)31-17-22-7-4-14-35-22/h1-15H,17H2,(H,31,33). The average Bonchev–Trinajstić information content (AvgIpc) is 3.66. The van der Waals surface area contributed by atoms with Crippen LogP contribution in [0.3, 0.4) is 0 Å². The zero-order valence-electron chi connectivity index (χ0n) is 19.2. The molecular weight excluding hydrogens is 510 g/mol. The van der Waals surface area contributed by atoms with E-state index in [0.717, 1.165) is 16.9 Å². The van der Waals surface area contributed by atoms with Crippen LogP contribution >= 0.6 is 22.9 Å². The number of halogens is 1. The van der Waals surface area contributed by atoms with E-state index in [1.807, 2.05) is 24.3 Å². The average molecular weight is 528 g/mol. The quantitative estimate of drug-likeness (QED) is 0.356. The van der Waals surface area contributed by atoms with Crippen molar-refractivity contribution in [3.05, 3.63) is 121 Å². The third-order valence-corrected chi connectivity index (χ3v) is 6.77. The molecule has 0 radical (unpaired) electrons. The minimum Gasteiger partial charge on any atom is -0.467 e. The molecule has 0 aliphatic rings. The lowest BCUT2D eigenvalue weighted by atomic mass is 10.2. The molecule has 0 spiro atoms. The van der Waals surface area contributed by atoms with Gasteiger partial charge in [-0.05, 0) is 60.7 Å². The van der Waals surface area contributed by atoms with Gasteiger partial charge in [0.25, 0.3) is 11.5 Å². The second-order valence-corrected chi connectivity index (χ2v) is 9.32. The molecule has 0 bridgehead atoms. The van der Waals surface area contributed by atoms with Crippen molar-refractivity contribution in [2.24, 2.45) is 0 Å². The number of amides is 1. The molecule has 37 heavy (non-hydrogen) atoms. The molecule has 0 unspecified atom stereocenters. The van der Waals surface area contributed by atoms with E-state index in [9.17, 15) is 14.9 Å². The number of benzene rings is 2. The van der Waals surface area contributed by atoms with E-state index < -0.39 is 5.91 Å². The molecule has 0 aliphatic heterocycles. The summed E-state index contributed by atoms with van der Waals surface area (Å²) < 4.78 is 13.1. The monoisotopic (exact) mass is 527 g/mol. The van der Waals surface area contributed by atoms with Gasteiger partial charge in [0.05, 0.1) is 23.0 Å². The van der Waals surface area contributed by atoms with Crippen LogP contribution < -0.4 is 20.1 Å². The second kappa shape index (κ2) is 10.6. The number of nitriles is 1. The molecular formula is C28H18ClN3O4S. The Bertz CT molecular complexity index is 1770. The smallest absolute Gasteiger partial charge is 0.273 e.